The van der Waals surface area contributed by atoms with E-state index in [0.717, 1.165) is 25.7 Å². The smallest absolute Gasteiger partial charge is 0.239 e. The molecule has 2 amide bonds. The third-order valence-electron chi connectivity index (χ3n) is 3.43. The summed E-state index contributed by atoms with van der Waals surface area (Å²) in [5.41, 5.74) is 0. The Balaban J connectivity index is 2.14. The largest absolute Gasteiger partial charge is 0.391 e. The zero-order valence-corrected chi connectivity index (χ0v) is 11.2. The topological polar surface area (TPSA) is 78.4 Å². The van der Waals surface area contributed by atoms with Crippen molar-refractivity contribution in [1.82, 2.24) is 10.6 Å². The van der Waals surface area contributed by atoms with Crippen LogP contribution in [0.1, 0.15) is 39.5 Å². The lowest BCUT2D eigenvalue weighted by atomic mass is 10.1. The third kappa shape index (κ3) is 5.04. The SMILES string of the molecule is CC(C)C(O)CNC(=O)CNC(=O)C1CCCC1. The Morgan fingerprint density at radius 2 is 1.83 bits per heavy atom. The first-order chi connectivity index (χ1) is 8.50. The van der Waals surface area contributed by atoms with Crippen LogP contribution in [0.15, 0.2) is 0 Å². The summed E-state index contributed by atoms with van der Waals surface area (Å²) in [6.07, 6.45) is 3.52. The van der Waals surface area contributed by atoms with Crippen LogP contribution in [0, 0.1) is 11.8 Å². The molecule has 0 spiro atoms. The summed E-state index contributed by atoms with van der Waals surface area (Å²) in [7, 11) is 0. The van der Waals surface area contributed by atoms with Gasteiger partial charge in [-0.2, -0.15) is 0 Å². The molecule has 1 aliphatic rings. The van der Waals surface area contributed by atoms with Gasteiger partial charge < -0.3 is 15.7 Å². The van der Waals surface area contributed by atoms with Crippen LogP contribution >= 0.6 is 0 Å². The lowest BCUT2D eigenvalue weighted by Gasteiger charge is -2.15. The van der Waals surface area contributed by atoms with Crippen LogP contribution in [-0.4, -0.2) is 36.1 Å². The molecule has 1 atom stereocenters. The molecule has 0 saturated heterocycles. The fourth-order valence-corrected chi connectivity index (χ4v) is 2.02. The van der Waals surface area contributed by atoms with Crippen molar-refractivity contribution < 1.29 is 14.7 Å². The summed E-state index contributed by atoms with van der Waals surface area (Å²) in [6.45, 7) is 4.01. The van der Waals surface area contributed by atoms with Crippen molar-refractivity contribution in [3.8, 4) is 0 Å². The van der Waals surface area contributed by atoms with Crippen LogP contribution < -0.4 is 10.6 Å². The molecule has 0 bridgehead atoms. The van der Waals surface area contributed by atoms with Gasteiger partial charge in [0.2, 0.25) is 11.8 Å². The minimum atomic E-state index is -0.542. The highest BCUT2D eigenvalue weighted by Gasteiger charge is 2.22. The van der Waals surface area contributed by atoms with Gasteiger partial charge in [0.1, 0.15) is 0 Å². The number of nitrogens with one attached hydrogen (secondary N) is 2. The predicted molar refractivity (Wildman–Crippen MR) is 68.8 cm³/mol. The minimum Gasteiger partial charge on any atom is -0.391 e. The van der Waals surface area contributed by atoms with Crippen molar-refractivity contribution in [3.63, 3.8) is 0 Å². The van der Waals surface area contributed by atoms with Gasteiger partial charge in [-0.15, -0.1) is 0 Å². The monoisotopic (exact) mass is 256 g/mol. The van der Waals surface area contributed by atoms with E-state index in [1.807, 2.05) is 13.8 Å². The maximum absolute atomic E-state index is 11.7. The molecule has 1 aliphatic carbocycles. The van der Waals surface area contributed by atoms with Gasteiger partial charge in [-0.25, -0.2) is 0 Å². The standard InChI is InChI=1S/C13H24N2O3/c1-9(2)11(16)7-14-12(17)8-15-13(18)10-5-3-4-6-10/h9-11,16H,3-8H2,1-2H3,(H,14,17)(H,15,18). The first-order valence-electron chi connectivity index (χ1n) is 6.73. The molecule has 104 valence electrons. The van der Waals surface area contributed by atoms with Gasteiger partial charge in [0, 0.05) is 12.5 Å². The lowest BCUT2D eigenvalue weighted by Crippen LogP contribution is -2.42. The van der Waals surface area contributed by atoms with Crippen LogP contribution in [0.3, 0.4) is 0 Å². The highest BCUT2D eigenvalue weighted by Crippen LogP contribution is 2.24. The molecule has 1 unspecified atom stereocenters. The Morgan fingerprint density at radius 3 is 2.39 bits per heavy atom. The molecule has 0 aromatic rings. The molecule has 5 nitrogen and oxygen atoms in total. The summed E-state index contributed by atoms with van der Waals surface area (Å²) in [6, 6.07) is 0. The molecule has 5 heteroatoms. The van der Waals surface area contributed by atoms with E-state index in [4.69, 9.17) is 0 Å². The second-order valence-electron chi connectivity index (χ2n) is 5.31. The van der Waals surface area contributed by atoms with Gasteiger partial charge in [0.25, 0.3) is 0 Å². The Morgan fingerprint density at radius 1 is 1.22 bits per heavy atom. The second-order valence-corrected chi connectivity index (χ2v) is 5.31. The van der Waals surface area contributed by atoms with Gasteiger partial charge in [0.15, 0.2) is 0 Å². The highest BCUT2D eigenvalue weighted by molar-refractivity contribution is 5.85. The van der Waals surface area contributed by atoms with Gasteiger partial charge in [-0.1, -0.05) is 26.7 Å². The van der Waals surface area contributed by atoms with E-state index < -0.39 is 6.10 Å². The van der Waals surface area contributed by atoms with Crippen LogP contribution in [0.25, 0.3) is 0 Å². The highest BCUT2D eigenvalue weighted by atomic mass is 16.3. The van der Waals surface area contributed by atoms with E-state index in [9.17, 15) is 14.7 Å². The third-order valence-corrected chi connectivity index (χ3v) is 3.43. The number of aliphatic hydroxyl groups excluding tert-OH is 1. The van der Waals surface area contributed by atoms with Gasteiger partial charge in [-0.05, 0) is 18.8 Å². The molecule has 0 aromatic heterocycles. The van der Waals surface area contributed by atoms with Crippen molar-refractivity contribution in [2.45, 2.75) is 45.6 Å². The molecule has 1 fully saturated rings. The number of amides is 2. The second kappa shape index (κ2) is 7.36. The maximum Gasteiger partial charge on any atom is 0.239 e. The van der Waals surface area contributed by atoms with Crippen molar-refractivity contribution in [2.75, 3.05) is 13.1 Å². The molecule has 18 heavy (non-hydrogen) atoms. The Bertz CT molecular complexity index is 286. The quantitative estimate of drug-likeness (QED) is 0.644. The first-order valence-corrected chi connectivity index (χ1v) is 6.73. The summed E-state index contributed by atoms with van der Waals surface area (Å²) < 4.78 is 0. The number of rotatable bonds is 6. The molecule has 0 aromatic carbocycles. The zero-order valence-electron chi connectivity index (χ0n) is 11.2. The van der Waals surface area contributed by atoms with Crippen molar-refractivity contribution in [3.05, 3.63) is 0 Å². The van der Waals surface area contributed by atoms with Gasteiger partial charge in [0.05, 0.1) is 12.6 Å². The Labute approximate surface area is 108 Å². The van der Waals surface area contributed by atoms with Gasteiger partial charge in [-0.3, -0.25) is 9.59 Å². The van der Waals surface area contributed by atoms with Crippen molar-refractivity contribution >= 4 is 11.8 Å². The molecular formula is C13H24N2O3. The normalized spacial score (nSPS) is 17.8. The average molecular weight is 256 g/mol. The summed E-state index contributed by atoms with van der Waals surface area (Å²) in [5.74, 6) is -0.0782. The maximum atomic E-state index is 11.7. The van der Waals surface area contributed by atoms with Crippen LogP contribution in [0.2, 0.25) is 0 Å². The Hall–Kier alpha value is -1.10. The van der Waals surface area contributed by atoms with E-state index >= 15 is 0 Å². The fourth-order valence-electron chi connectivity index (χ4n) is 2.02. The number of carbonyl (C=O) groups is 2. The average Bonchev–Trinajstić information content (AvgIpc) is 2.86. The molecule has 0 radical (unpaired) electrons. The lowest BCUT2D eigenvalue weighted by molar-refractivity contribution is -0.128. The van der Waals surface area contributed by atoms with Crippen molar-refractivity contribution in [2.24, 2.45) is 11.8 Å². The summed E-state index contributed by atoms with van der Waals surface area (Å²) in [4.78, 5) is 23.1. The molecule has 0 heterocycles. The number of carbonyl (C=O) groups excluding carboxylic acids is 2. The first kappa shape index (κ1) is 15.0. The number of hydrogen-bond acceptors (Lipinski definition) is 3. The van der Waals surface area contributed by atoms with Crippen molar-refractivity contribution in [1.29, 1.82) is 0 Å². The van der Waals surface area contributed by atoms with Crippen LogP contribution in [0.5, 0.6) is 0 Å². The Kier molecular flexibility index (Phi) is 6.12. The molecule has 1 rings (SSSR count). The zero-order chi connectivity index (χ0) is 13.5. The number of hydrogen-bond donors (Lipinski definition) is 3. The molecular weight excluding hydrogens is 232 g/mol. The van der Waals surface area contributed by atoms with Crippen LogP contribution in [0.4, 0.5) is 0 Å². The van der Waals surface area contributed by atoms with Gasteiger partial charge >= 0.3 is 0 Å². The fraction of sp³-hybridized carbons (Fsp3) is 0.846. The minimum absolute atomic E-state index is 0.000147. The predicted octanol–water partition coefficient (Wildman–Crippen LogP) is 0.426. The van der Waals surface area contributed by atoms with E-state index in [-0.39, 0.29) is 36.7 Å². The van der Waals surface area contributed by atoms with E-state index in [1.54, 1.807) is 0 Å². The molecule has 3 N–H and O–H groups in total. The van der Waals surface area contributed by atoms with E-state index in [1.165, 1.54) is 0 Å². The molecule has 1 saturated carbocycles. The number of aliphatic hydroxyl groups is 1. The van der Waals surface area contributed by atoms with Crippen LogP contribution in [-0.2, 0) is 9.59 Å². The molecule has 0 aliphatic heterocycles. The van der Waals surface area contributed by atoms with E-state index in [0.29, 0.717) is 0 Å². The summed E-state index contributed by atoms with van der Waals surface area (Å²) in [5, 5.41) is 14.8. The summed E-state index contributed by atoms with van der Waals surface area (Å²) >= 11 is 0. The van der Waals surface area contributed by atoms with E-state index in [2.05, 4.69) is 10.6 Å².